The van der Waals surface area contributed by atoms with E-state index in [1.165, 1.54) is 18.3 Å². The van der Waals surface area contributed by atoms with Crippen molar-refractivity contribution in [2.75, 3.05) is 0 Å². The number of carbonyl (C=O) groups excluding carboxylic acids is 1. The summed E-state index contributed by atoms with van der Waals surface area (Å²) in [7, 11) is 0. The Morgan fingerprint density at radius 2 is 2.11 bits per heavy atom. The van der Waals surface area contributed by atoms with E-state index in [1.54, 1.807) is 24.3 Å². The molecule has 0 saturated heterocycles. The van der Waals surface area contributed by atoms with Crippen LogP contribution in [0.5, 0.6) is 5.75 Å². The number of ether oxygens (including phenoxy) is 1. The van der Waals surface area contributed by atoms with Crippen LogP contribution in [0.3, 0.4) is 0 Å². The maximum Gasteiger partial charge on any atom is 0.214 e. The predicted molar refractivity (Wildman–Crippen MR) is 67.7 cm³/mol. The molecule has 1 aromatic heterocycles. The van der Waals surface area contributed by atoms with Crippen molar-refractivity contribution in [2.24, 2.45) is 0 Å². The summed E-state index contributed by atoms with van der Waals surface area (Å²) in [6.45, 7) is 0. The van der Waals surface area contributed by atoms with Crippen molar-refractivity contribution in [1.29, 1.82) is 0 Å². The molecule has 1 heterocycles. The Morgan fingerprint density at radius 1 is 1.26 bits per heavy atom. The van der Waals surface area contributed by atoms with Crippen molar-refractivity contribution >= 4 is 5.78 Å². The first kappa shape index (κ1) is 11.8. The molecule has 0 bridgehead atoms. The molecule has 0 N–H and O–H groups in total. The lowest BCUT2D eigenvalue weighted by Crippen LogP contribution is -2.07. The fourth-order valence-corrected chi connectivity index (χ4v) is 1.78. The van der Waals surface area contributed by atoms with Gasteiger partial charge in [-0.1, -0.05) is 12.1 Å². The minimum Gasteiger partial charge on any atom is -0.490 e. The molecule has 2 aromatic rings. The summed E-state index contributed by atoms with van der Waals surface area (Å²) in [6.07, 6.45) is 3.76. The Balaban J connectivity index is 1.88. The van der Waals surface area contributed by atoms with Gasteiger partial charge in [0.15, 0.2) is 5.82 Å². The van der Waals surface area contributed by atoms with Crippen molar-refractivity contribution in [2.45, 2.75) is 18.9 Å². The van der Waals surface area contributed by atoms with Gasteiger partial charge in [0.05, 0.1) is 6.10 Å². The topological polar surface area (TPSA) is 39.2 Å². The van der Waals surface area contributed by atoms with Crippen molar-refractivity contribution in [1.82, 2.24) is 4.98 Å². The van der Waals surface area contributed by atoms with Gasteiger partial charge < -0.3 is 4.74 Å². The number of halogens is 1. The third-order valence-corrected chi connectivity index (χ3v) is 2.90. The summed E-state index contributed by atoms with van der Waals surface area (Å²) in [4.78, 5) is 16.0. The molecule has 0 amide bonds. The van der Waals surface area contributed by atoms with E-state index in [-0.39, 0.29) is 11.8 Å². The molecule has 1 saturated carbocycles. The first-order valence-corrected chi connectivity index (χ1v) is 6.16. The number of carbonyl (C=O) groups is 1. The Bertz CT molecular complexity index is 623. The maximum atomic E-state index is 13.5. The van der Waals surface area contributed by atoms with Crippen molar-refractivity contribution < 1.29 is 13.9 Å². The Hall–Kier alpha value is -2.23. The Morgan fingerprint density at radius 3 is 2.84 bits per heavy atom. The van der Waals surface area contributed by atoms with Gasteiger partial charge in [0, 0.05) is 11.8 Å². The van der Waals surface area contributed by atoms with Gasteiger partial charge in [-0.25, -0.2) is 9.37 Å². The lowest BCUT2D eigenvalue weighted by atomic mass is 10.1. The molecule has 19 heavy (non-hydrogen) atoms. The number of hydrogen-bond acceptors (Lipinski definition) is 3. The third-order valence-electron chi connectivity index (χ3n) is 2.90. The number of nitrogens with zero attached hydrogens (tertiary/aromatic N) is 1. The highest BCUT2D eigenvalue weighted by atomic mass is 19.1. The molecule has 96 valence electrons. The molecule has 1 fully saturated rings. The van der Waals surface area contributed by atoms with E-state index in [1.807, 2.05) is 0 Å². The van der Waals surface area contributed by atoms with Gasteiger partial charge in [-0.3, -0.25) is 4.79 Å². The van der Waals surface area contributed by atoms with Crippen molar-refractivity contribution in [3.05, 3.63) is 59.7 Å². The molecular weight excluding hydrogens is 245 g/mol. The first-order valence-electron chi connectivity index (χ1n) is 6.16. The summed E-state index contributed by atoms with van der Waals surface area (Å²) in [5, 5.41) is 0. The van der Waals surface area contributed by atoms with Crippen LogP contribution in [-0.4, -0.2) is 16.9 Å². The maximum absolute atomic E-state index is 13.5. The first-order chi connectivity index (χ1) is 9.24. The van der Waals surface area contributed by atoms with E-state index in [0.717, 1.165) is 12.8 Å². The Labute approximate surface area is 110 Å². The van der Waals surface area contributed by atoms with Crippen LogP contribution in [0, 0.1) is 5.82 Å². The number of rotatable bonds is 4. The smallest absolute Gasteiger partial charge is 0.214 e. The van der Waals surface area contributed by atoms with Gasteiger partial charge in [0.25, 0.3) is 0 Å². The summed E-state index contributed by atoms with van der Waals surface area (Å²) < 4.78 is 19.1. The summed E-state index contributed by atoms with van der Waals surface area (Å²) in [6, 6.07) is 9.48. The predicted octanol–water partition coefficient (Wildman–Crippen LogP) is 2.99. The zero-order valence-electron chi connectivity index (χ0n) is 10.2. The van der Waals surface area contributed by atoms with Crippen LogP contribution in [0.4, 0.5) is 4.39 Å². The molecule has 3 rings (SSSR count). The number of pyridine rings is 1. The van der Waals surface area contributed by atoms with Crippen LogP contribution in [0.1, 0.15) is 28.9 Å². The second-order valence-corrected chi connectivity index (χ2v) is 4.51. The van der Waals surface area contributed by atoms with Gasteiger partial charge in [0.1, 0.15) is 11.4 Å². The van der Waals surface area contributed by atoms with E-state index in [2.05, 4.69) is 4.98 Å². The lowest BCUT2D eigenvalue weighted by Gasteiger charge is -2.06. The highest BCUT2D eigenvalue weighted by Crippen LogP contribution is 2.27. The zero-order chi connectivity index (χ0) is 13.2. The number of aromatic nitrogens is 1. The molecule has 0 unspecified atom stereocenters. The molecule has 1 aliphatic carbocycles. The zero-order valence-corrected chi connectivity index (χ0v) is 10.2. The number of benzene rings is 1. The van der Waals surface area contributed by atoms with Crippen LogP contribution >= 0.6 is 0 Å². The molecule has 4 heteroatoms. The molecule has 0 aliphatic heterocycles. The largest absolute Gasteiger partial charge is 0.490 e. The fraction of sp³-hybridized carbons (Fsp3) is 0.200. The highest BCUT2D eigenvalue weighted by molar-refractivity contribution is 6.08. The van der Waals surface area contributed by atoms with Gasteiger partial charge in [0.2, 0.25) is 5.78 Å². The van der Waals surface area contributed by atoms with E-state index in [0.29, 0.717) is 11.3 Å². The van der Waals surface area contributed by atoms with Crippen LogP contribution in [0.2, 0.25) is 0 Å². The number of hydrogen-bond donors (Lipinski definition) is 0. The van der Waals surface area contributed by atoms with E-state index in [4.69, 9.17) is 4.74 Å². The van der Waals surface area contributed by atoms with E-state index < -0.39 is 11.6 Å². The van der Waals surface area contributed by atoms with Crippen LogP contribution in [0.25, 0.3) is 0 Å². The van der Waals surface area contributed by atoms with E-state index >= 15 is 0 Å². The van der Waals surface area contributed by atoms with Gasteiger partial charge in [-0.2, -0.15) is 0 Å². The standard InChI is InChI=1S/C15H12FNO2/c16-13-5-2-8-17-14(13)15(18)10-3-1-4-12(9-10)19-11-6-7-11/h1-5,8-9,11H,6-7H2. The number of ketones is 1. The fourth-order valence-electron chi connectivity index (χ4n) is 1.78. The third kappa shape index (κ3) is 2.62. The average Bonchev–Trinajstić information content (AvgIpc) is 3.23. The minimum absolute atomic E-state index is 0.161. The quantitative estimate of drug-likeness (QED) is 0.790. The van der Waals surface area contributed by atoms with Crippen LogP contribution < -0.4 is 4.74 Å². The SMILES string of the molecule is O=C(c1cccc(OC2CC2)c1)c1ncccc1F. The monoisotopic (exact) mass is 257 g/mol. The average molecular weight is 257 g/mol. The molecule has 1 aliphatic rings. The van der Waals surface area contributed by atoms with E-state index in [9.17, 15) is 9.18 Å². The van der Waals surface area contributed by atoms with Gasteiger partial charge in [-0.05, 0) is 37.1 Å². The minimum atomic E-state index is -0.610. The Kier molecular flexibility index (Phi) is 2.99. The van der Waals surface area contributed by atoms with Crippen molar-refractivity contribution in [3.8, 4) is 5.75 Å². The summed E-state index contributed by atoms with van der Waals surface area (Å²) >= 11 is 0. The summed E-state index contributed by atoms with van der Waals surface area (Å²) in [5.41, 5.74) is 0.224. The molecule has 0 spiro atoms. The highest BCUT2D eigenvalue weighted by Gasteiger charge is 2.24. The lowest BCUT2D eigenvalue weighted by molar-refractivity contribution is 0.102. The normalized spacial score (nSPS) is 14.2. The second-order valence-electron chi connectivity index (χ2n) is 4.51. The molecule has 0 atom stereocenters. The van der Waals surface area contributed by atoms with Crippen LogP contribution in [0.15, 0.2) is 42.6 Å². The second kappa shape index (κ2) is 4.80. The molecule has 1 aromatic carbocycles. The molecular formula is C15H12FNO2. The van der Waals surface area contributed by atoms with Gasteiger partial charge >= 0.3 is 0 Å². The summed E-state index contributed by atoms with van der Waals surface area (Å²) in [5.74, 6) is -0.398. The molecule has 0 radical (unpaired) electrons. The van der Waals surface area contributed by atoms with Crippen molar-refractivity contribution in [3.63, 3.8) is 0 Å². The molecule has 3 nitrogen and oxygen atoms in total. The van der Waals surface area contributed by atoms with Gasteiger partial charge in [-0.15, -0.1) is 0 Å². The van der Waals surface area contributed by atoms with Crippen LogP contribution in [-0.2, 0) is 0 Å².